The molecule has 0 aliphatic carbocycles. The molecule has 0 N–H and O–H groups in total. The lowest BCUT2D eigenvalue weighted by Gasteiger charge is -2.13. The van der Waals surface area contributed by atoms with Crippen molar-refractivity contribution in [2.24, 2.45) is 0 Å². The molecule has 0 aliphatic rings. The lowest BCUT2D eigenvalue weighted by atomic mass is 10.2. The van der Waals surface area contributed by atoms with E-state index in [2.05, 4.69) is 31.9 Å². The minimum Gasteiger partial charge on any atom is -0.457 e. The van der Waals surface area contributed by atoms with E-state index in [1.54, 1.807) is 0 Å². The van der Waals surface area contributed by atoms with Crippen LogP contribution in [0.25, 0.3) is 0 Å². The molecule has 0 radical (unpaired) electrons. The van der Waals surface area contributed by atoms with Crippen LogP contribution in [0.2, 0.25) is 0 Å². The van der Waals surface area contributed by atoms with Crippen LogP contribution in [0, 0.1) is 13.8 Å². The van der Waals surface area contributed by atoms with Gasteiger partial charge in [-0.2, -0.15) is 0 Å². The van der Waals surface area contributed by atoms with Gasteiger partial charge in [-0.1, -0.05) is 62.2 Å². The smallest absolute Gasteiger partial charge is 0.131 e. The SMILES string of the molecule is Cc1c(Br)cccc1Oc1cccc(Oc2cccc(Oc3cccc(Oc4cccc(Br)c4C)c3)c2)c1. The Bertz CT molecular complexity index is 1470. The molecule has 0 amide bonds. The number of halogens is 2. The third-order valence-corrected chi connectivity index (χ3v) is 7.50. The van der Waals surface area contributed by atoms with Crippen LogP contribution in [-0.2, 0) is 0 Å². The summed E-state index contributed by atoms with van der Waals surface area (Å²) in [6, 6.07) is 34.3. The molecule has 0 unspecified atom stereocenters. The summed E-state index contributed by atoms with van der Waals surface area (Å²) in [5.74, 6) is 5.56. The molecule has 0 fully saturated rings. The Morgan fingerprint density at radius 1 is 0.395 bits per heavy atom. The zero-order chi connectivity index (χ0) is 26.5. The average Bonchev–Trinajstić information content (AvgIpc) is 2.90. The van der Waals surface area contributed by atoms with Crippen LogP contribution in [0.4, 0.5) is 0 Å². The fraction of sp³-hybridized carbons (Fsp3) is 0.0625. The van der Waals surface area contributed by atoms with Crippen molar-refractivity contribution in [3.8, 4) is 46.0 Å². The Labute approximate surface area is 239 Å². The molecular weight excluding hydrogens is 608 g/mol. The van der Waals surface area contributed by atoms with Gasteiger partial charge in [0.2, 0.25) is 0 Å². The molecular formula is C32H24Br2O4. The monoisotopic (exact) mass is 630 g/mol. The second-order valence-corrected chi connectivity index (χ2v) is 10.3. The largest absolute Gasteiger partial charge is 0.457 e. The first-order valence-electron chi connectivity index (χ1n) is 12.0. The number of ether oxygens (including phenoxy) is 4. The van der Waals surface area contributed by atoms with Crippen molar-refractivity contribution in [2.45, 2.75) is 13.8 Å². The highest BCUT2D eigenvalue weighted by atomic mass is 79.9. The number of hydrogen-bond donors (Lipinski definition) is 0. The lowest BCUT2D eigenvalue weighted by molar-refractivity contribution is 0.446. The Kier molecular flexibility index (Phi) is 8.01. The summed E-state index contributed by atoms with van der Waals surface area (Å²) in [4.78, 5) is 0. The molecule has 0 bridgehead atoms. The second kappa shape index (κ2) is 11.8. The summed E-state index contributed by atoms with van der Waals surface area (Å²) in [6.45, 7) is 4.02. The van der Waals surface area contributed by atoms with E-state index in [0.29, 0.717) is 34.5 Å². The Morgan fingerprint density at radius 2 is 0.684 bits per heavy atom. The van der Waals surface area contributed by atoms with Gasteiger partial charge in [0.15, 0.2) is 0 Å². The molecule has 0 saturated heterocycles. The molecule has 5 aromatic rings. The van der Waals surface area contributed by atoms with Crippen molar-refractivity contribution in [2.75, 3.05) is 0 Å². The molecule has 0 aromatic heterocycles. The first kappa shape index (κ1) is 25.9. The van der Waals surface area contributed by atoms with Gasteiger partial charge >= 0.3 is 0 Å². The van der Waals surface area contributed by atoms with Gasteiger partial charge in [0.25, 0.3) is 0 Å². The summed E-state index contributed by atoms with van der Waals surface area (Å²) in [5.41, 5.74) is 2.06. The molecule has 38 heavy (non-hydrogen) atoms. The average molecular weight is 632 g/mol. The molecule has 5 rings (SSSR count). The van der Waals surface area contributed by atoms with Gasteiger partial charge in [0, 0.05) is 38.3 Å². The van der Waals surface area contributed by atoms with Crippen molar-refractivity contribution in [3.05, 3.63) is 129 Å². The van der Waals surface area contributed by atoms with Gasteiger partial charge in [0.1, 0.15) is 46.0 Å². The van der Waals surface area contributed by atoms with Crippen molar-refractivity contribution in [1.82, 2.24) is 0 Å². The van der Waals surface area contributed by atoms with Gasteiger partial charge in [-0.15, -0.1) is 0 Å². The predicted octanol–water partition coefficient (Wildman–Crippen LogP) is 11.0. The lowest BCUT2D eigenvalue weighted by Crippen LogP contribution is -1.91. The highest BCUT2D eigenvalue weighted by Crippen LogP contribution is 2.35. The Hall–Kier alpha value is -3.74. The zero-order valence-corrected chi connectivity index (χ0v) is 24.0. The maximum atomic E-state index is 6.12. The molecule has 0 spiro atoms. The molecule has 0 heterocycles. The van der Waals surface area contributed by atoms with E-state index in [9.17, 15) is 0 Å². The minimum absolute atomic E-state index is 0.649. The molecule has 0 saturated carbocycles. The minimum atomic E-state index is 0.649. The van der Waals surface area contributed by atoms with E-state index < -0.39 is 0 Å². The predicted molar refractivity (Wildman–Crippen MR) is 157 cm³/mol. The second-order valence-electron chi connectivity index (χ2n) is 8.56. The van der Waals surface area contributed by atoms with Crippen LogP contribution in [0.3, 0.4) is 0 Å². The molecule has 5 aromatic carbocycles. The maximum Gasteiger partial charge on any atom is 0.131 e. The van der Waals surface area contributed by atoms with E-state index in [-0.39, 0.29) is 0 Å². The normalized spacial score (nSPS) is 10.6. The van der Waals surface area contributed by atoms with Crippen LogP contribution >= 0.6 is 31.9 Å². The van der Waals surface area contributed by atoms with Gasteiger partial charge < -0.3 is 18.9 Å². The fourth-order valence-electron chi connectivity index (χ4n) is 3.73. The third kappa shape index (κ3) is 6.39. The van der Waals surface area contributed by atoms with Crippen LogP contribution in [0.5, 0.6) is 46.0 Å². The first-order chi connectivity index (χ1) is 18.4. The van der Waals surface area contributed by atoms with E-state index in [0.717, 1.165) is 31.6 Å². The van der Waals surface area contributed by atoms with Crippen LogP contribution in [0.15, 0.2) is 118 Å². The Morgan fingerprint density at radius 3 is 1.03 bits per heavy atom. The molecule has 0 aliphatic heterocycles. The number of benzene rings is 5. The summed E-state index contributed by atoms with van der Waals surface area (Å²) in [7, 11) is 0. The molecule has 0 atom stereocenters. The molecule has 6 heteroatoms. The van der Waals surface area contributed by atoms with E-state index in [1.165, 1.54) is 0 Å². The van der Waals surface area contributed by atoms with Crippen molar-refractivity contribution in [3.63, 3.8) is 0 Å². The standard InChI is InChI=1S/C32H24Br2O4/c1-21-29(33)14-6-16-31(21)37-27-12-4-10-25(19-27)35-23-8-3-9-24(18-23)36-26-11-5-13-28(20-26)38-32-17-7-15-30(34)22(32)2/h3-20H,1-2H3. The van der Waals surface area contributed by atoms with E-state index in [4.69, 9.17) is 18.9 Å². The Balaban J connectivity index is 1.28. The third-order valence-electron chi connectivity index (χ3n) is 5.78. The summed E-state index contributed by atoms with van der Waals surface area (Å²) < 4.78 is 26.4. The van der Waals surface area contributed by atoms with Crippen LogP contribution in [0.1, 0.15) is 11.1 Å². The molecule has 190 valence electrons. The number of hydrogen-bond acceptors (Lipinski definition) is 4. The summed E-state index contributed by atoms with van der Waals surface area (Å²) in [5, 5.41) is 0. The van der Waals surface area contributed by atoms with E-state index >= 15 is 0 Å². The van der Waals surface area contributed by atoms with Crippen molar-refractivity contribution < 1.29 is 18.9 Å². The topological polar surface area (TPSA) is 36.9 Å². The van der Waals surface area contributed by atoms with Crippen molar-refractivity contribution in [1.29, 1.82) is 0 Å². The van der Waals surface area contributed by atoms with Crippen molar-refractivity contribution >= 4 is 31.9 Å². The fourth-order valence-corrected chi connectivity index (χ4v) is 4.42. The van der Waals surface area contributed by atoms with Gasteiger partial charge in [-0.25, -0.2) is 0 Å². The van der Waals surface area contributed by atoms with Gasteiger partial charge in [-0.3, -0.25) is 0 Å². The van der Waals surface area contributed by atoms with Gasteiger partial charge in [0.05, 0.1) is 0 Å². The summed E-state index contributed by atoms with van der Waals surface area (Å²) >= 11 is 7.09. The van der Waals surface area contributed by atoms with Gasteiger partial charge in [-0.05, 0) is 74.5 Å². The molecule has 4 nitrogen and oxygen atoms in total. The first-order valence-corrected chi connectivity index (χ1v) is 13.5. The van der Waals surface area contributed by atoms with E-state index in [1.807, 2.05) is 123 Å². The summed E-state index contributed by atoms with van der Waals surface area (Å²) in [6.07, 6.45) is 0. The number of rotatable bonds is 8. The zero-order valence-electron chi connectivity index (χ0n) is 20.8. The van der Waals surface area contributed by atoms with Crippen LogP contribution in [-0.4, -0.2) is 0 Å². The quantitative estimate of drug-likeness (QED) is 0.171. The highest BCUT2D eigenvalue weighted by Gasteiger charge is 2.08. The highest BCUT2D eigenvalue weighted by molar-refractivity contribution is 9.10. The maximum absolute atomic E-state index is 6.12. The van der Waals surface area contributed by atoms with Crippen LogP contribution < -0.4 is 18.9 Å².